The van der Waals surface area contributed by atoms with Gasteiger partial charge in [0.25, 0.3) is 0 Å². The number of carbonyl (C=O) groups excluding carboxylic acids is 1. The van der Waals surface area contributed by atoms with Crippen LogP contribution in [0.1, 0.15) is 24.5 Å². The van der Waals surface area contributed by atoms with Gasteiger partial charge in [-0.2, -0.15) is 11.8 Å². The summed E-state index contributed by atoms with van der Waals surface area (Å²) in [5.41, 5.74) is 1.84. The van der Waals surface area contributed by atoms with E-state index in [9.17, 15) is 4.79 Å². The maximum Gasteiger partial charge on any atom is 0.221 e. The Labute approximate surface area is 107 Å². The van der Waals surface area contributed by atoms with Crippen LogP contribution in [0.4, 0.5) is 0 Å². The molecule has 0 aliphatic heterocycles. The highest BCUT2D eigenvalue weighted by Crippen LogP contribution is 2.10. The lowest BCUT2D eigenvalue weighted by atomic mass is 10.1. The van der Waals surface area contributed by atoms with Crippen molar-refractivity contribution in [2.75, 3.05) is 6.26 Å². The Morgan fingerprint density at radius 1 is 1.41 bits per heavy atom. The van der Waals surface area contributed by atoms with Crippen LogP contribution >= 0.6 is 11.8 Å². The average Bonchev–Trinajstić information content (AvgIpc) is 2.36. The summed E-state index contributed by atoms with van der Waals surface area (Å²) < 4.78 is 0. The molecule has 1 aromatic carbocycles. The number of amides is 1. The SMILES string of the molecule is CSC(C)CC(=O)NCc1ccccc1CO. The van der Waals surface area contributed by atoms with E-state index in [-0.39, 0.29) is 12.5 Å². The third-order valence-electron chi connectivity index (χ3n) is 2.64. The van der Waals surface area contributed by atoms with Crippen LogP contribution in [0.25, 0.3) is 0 Å². The monoisotopic (exact) mass is 253 g/mol. The molecule has 4 heteroatoms. The molecule has 3 nitrogen and oxygen atoms in total. The van der Waals surface area contributed by atoms with E-state index in [1.54, 1.807) is 11.8 Å². The van der Waals surface area contributed by atoms with Gasteiger partial charge in [-0.05, 0) is 17.4 Å². The quantitative estimate of drug-likeness (QED) is 0.814. The Hall–Kier alpha value is -1.00. The number of aliphatic hydroxyl groups is 1. The topological polar surface area (TPSA) is 49.3 Å². The van der Waals surface area contributed by atoms with Crippen LogP contribution < -0.4 is 5.32 Å². The van der Waals surface area contributed by atoms with Gasteiger partial charge in [-0.25, -0.2) is 0 Å². The fraction of sp³-hybridized carbons (Fsp3) is 0.462. The molecule has 1 amide bonds. The summed E-state index contributed by atoms with van der Waals surface area (Å²) in [6.07, 6.45) is 2.53. The summed E-state index contributed by atoms with van der Waals surface area (Å²) >= 11 is 1.68. The largest absolute Gasteiger partial charge is 0.392 e. The van der Waals surface area contributed by atoms with Crippen molar-refractivity contribution < 1.29 is 9.90 Å². The molecule has 0 aromatic heterocycles. The molecule has 0 fully saturated rings. The normalized spacial score (nSPS) is 12.2. The van der Waals surface area contributed by atoms with E-state index in [0.29, 0.717) is 18.2 Å². The lowest BCUT2D eigenvalue weighted by molar-refractivity contribution is -0.121. The van der Waals surface area contributed by atoms with Gasteiger partial charge in [0.1, 0.15) is 0 Å². The van der Waals surface area contributed by atoms with Gasteiger partial charge < -0.3 is 10.4 Å². The maximum absolute atomic E-state index is 11.6. The molecule has 0 bridgehead atoms. The van der Waals surface area contributed by atoms with Crippen molar-refractivity contribution in [2.24, 2.45) is 0 Å². The van der Waals surface area contributed by atoms with Crippen molar-refractivity contribution in [2.45, 2.75) is 31.7 Å². The predicted octanol–water partition coefficient (Wildman–Crippen LogP) is 1.94. The minimum Gasteiger partial charge on any atom is -0.392 e. The van der Waals surface area contributed by atoms with E-state index in [1.807, 2.05) is 37.4 Å². The fourth-order valence-electron chi connectivity index (χ4n) is 1.49. The van der Waals surface area contributed by atoms with Gasteiger partial charge in [-0.1, -0.05) is 31.2 Å². The third-order valence-corrected chi connectivity index (χ3v) is 3.61. The van der Waals surface area contributed by atoms with E-state index >= 15 is 0 Å². The second-order valence-electron chi connectivity index (χ2n) is 3.95. The summed E-state index contributed by atoms with van der Waals surface area (Å²) in [6, 6.07) is 7.58. The van der Waals surface area contributed by atoms with Crippen molar-refractivity contribution in [3.05, 3.63) is 35.4 Å². The van der Waals surface area contributed by atoms with E-state index in [4.69, 9.17) is 5.11 Å². The average molecular weight is 253 g/mol. The number of aliphatic hydroxyl groups excluding tert-OH is 1. The molecule has 0 radical (unpaired) electrons. The molecule has 0 aliphatic rings. The van der Waals surface area contributed by atoms with Crippen LogP contribution in [0.2, 0.25) is 0 Å². The number of nitrogens with one attached hydrogen (secondary N) is 1. The molecule has 0 spiro atoms. The van der Waals surface area contributed by atoms with Crippen LogP contribution in [-0.4, -0.2) is 22.5 Å². The molecule has 0 heterocycles. The van der Waals surface area contributed by atoms with Crippen molar-refractivity contribution in [1.82, 2.24) is 5.32 Å². The second kappa shape index (κ2) is 7.35. The number of hydrogen-bond donors (Lipinski definition) is 2. The van der Waals surface area contributed by atoms with Crippen molar-refractivity contribution in [3.63, 3.8) is 0 Å². The summed E-state index contributed by atoms with van der Waals surface area (Å²) in [5, 5.41) is 12.4. The Morgan fingerprint density at radius 3 is 2.65 bits per heavy atom. The van der Waals surface area contributed by atoms with Crippen LogP contribution in [0, 0.1) is 0 Å². The minimum absolute atomic E-state index is 0.00720. The van der Waals surface area contributed by atoms with Gasteiger partial charge >= 0.3 is 0 Å². The molecular formula is C13H19NO2S. The van der Waals surface area contributed by atoms with Crippen molar-refractivity contribution in [1.29, 1.82) is 0 Å². The first-order valence-electron chi connectivity index (χ1n) is 5.64. The van der Waals surface area contributed by atoms with Gasteiger partial charge in [0.15, 0.2) is 0 Å². The summed E-state index contributed by atoms with van der Waals surface area (Å²) in [4.78, 5) is 11.6. The van der Waals surface area contributed by atoms with Crippen molar-refractivity contribution in [3.8, 4) is 0 Å². The zero-order valence-electron chi connectivity index (χ0n) is 10.3. The van der Waals surface area contributed by atoms with Crippen LogP contribution in [0.3, 0.4) is 0 Å². The summed E-state index contributed by atoms with van der Waals surface area (Å²) in [5.74, 6) is 0.0552. The first kappa shape index (κ1) is 14.1. The molecule has 1 atom stereocenters. The van der Waals surface area contributed by atoms with Gasteiger partial charge in [-0.3, -0.25) is 4.79 Å². The Kier molecular flexibility index (Phi) is 6.08. The van der Waals surface area contributed by atoms with Gasteiger partial charge in [0.05, 0.1) is 6.61 Å². The highest BCUT2D eigenvalue weighted by atomic mass is 32.2. The fourth-order valence-corrected chi connectivity index (χ4v) is 1.81. The maximum atomic E-state index is 11.6. The van der Waals surface area contributed by atoms with Crippen molar-refractivity contribution >= 4 is 17.7 Å². The zero-order chi connectivity index (χ0) is 12.7. The minimum atomic E-state index is 0.00720. The third kappa shape index (κ3) is 4.79. The van der Waals surface area contributed by atoms with Crippen LogP contribution in [-0.2, 0) is 17.9 Å². The zero-order valence-corrected chi connectivity index (χ0v) is 11.1. The molecular weight excluding hydrogens is 234 g/mol. The molecule has 0 aliphatic carbocycles. The molecule has 1 unspecified atom stereocenters. The molecule has 94 valence electrons. The number of rotatable bonds is 6. The van der Waals surface area contributed by atoms with Gasteiger partial charge in [0, 0.05) is 18.2 Å². The second-order valence-corrected chi connectivity index (χ2v) is 5.23. The van der Waals surface area contributed by atoms with E-state index < -0.39 is 0 Å². The highest BCUT2D eigenvalue weighted by Gasteiger charge is 2.08. The molecule has 17 heavy (non-hydrogen) atoms. The highest BCUT2D eigenvalue weighted by molar-refractivity contribution is 7.99. The smallest absolute Gasteiger partial charge is 0.221 e. The number of thioether (sulfide) groups is 1. The Morgan fingerprint density at radius 2 is 2.06 bits per heavy atom. The first-order chi connectivity index (χ1) is 8.17. The predicted molar refractivity (Wildman–Crippen MR) is 71.8 cm³/mol. The number of benzene rings is 1. The van der Waals surface area contributed by atoms with Gasteiger partial charge in [-0.15, -0.1) is 0 Å². The van der Waals surface area contributed by atoms with Crippen LogP contribution in [0.15, 0.2) is 24.3 Å². The number of carbonyl (C=O) groups is 1. The first-order valence-corrected chi connectivity index (χ1v) is 6.93. The Bertz CT molecular complexity index is 368. The number of hydrogen-bond acceptors (Lipinski definition) is 3. The Balaban J connectivity index is 2.47. The standard InChI is InChI=1S/C13H19NO2S/c1-10(17-2)7-13(16)14-8-11-5-3-4-6-12(11)9-15/h3-6,10,15H,7-9H2,1-2H3,(H,14,16). The van der Waals surface area contributed by atoms with E-state index in [0.717, 1.165) is 11.1 Å². The summed E-state index contributed by atoms with van der Waals surface area (Å²) in [7, 11) is 0. The molecule has 0 saturated heterocycles. The molecule has 2 N–H and O–H groups in total. The van der Waals surface area contributed by atoms with E-state index in [1.165, 1.54) is 0 Å². The molecule has 1 aromatic rings. The van der Waals surface area contributed by atoms with Crippen LogP contribution in [0.5, 0.6) is 0 Å². The lowest BCUT2D eigenvalue weighted by Crippen LogP contribution is -2.25. The van der Waals surface area contributed by atoms with E-state index in [2.05, 4.69) is 5.32 Å². The summed E-state index contributed by atoms with van der Waals surface area (Å²) in [6.45, 7) is 2.52. The lowest BCUT2D eigenvalue weighted by Gasteiger charge is -2.11. The molecule has 0 saturated carbocycles. The molecule has 1 rings (SSSR count). The van der Waals surface area contributed by atoms with Gasteiger partial charge in [0.2, 0.25) is 5.91 Å².